The SMILES string of the molecule is CCOC(=O)c1c(F)cc(/N=N/c2ccc(/N=N/c3ccc(N(C)C)cc3)cc2)cc1F. The predicted molar refractivity (Wildman–Crippen MR) is 118 cm³/mol. The van der Waals surface area contributed by atoms with Crippen molar-refractivity contribution in [1.82, 2.24) is 0 Å². The van der Waals surface area contributed by atoms with Crippen LogP contribution in [0, 0.1) is 11.6 Å². The Morgan fingerprint density at radius 1 is 0.781 bits per heavy atom. The minimum Gasteiger partial charge on any atom is -0.462 e. The fourth-order valence-corrected chi connectivity index (χ4v) is 2.65. The Balaban J connectivity index is 1.68. The highest BCUT2D eigenvalue weighted by atomic mass is 19.1. The van der Waals surface area contributed by atoms with Crippen molar-refractivity contribution >= 4 is 34.4 Å². The number of anilines is 1. The molecule has 3 aromatic carbocycles. The summed E-state index contributed by atoms with van der Waals surface area (Å²) in [6.07, 6.45) is 0. The lowest BCUT2D eigenvalue weighted by molar-refractivity contribution is 0.0515. The molecule has 0 aliphatic heterocycles. The molecule has 164 valence electrons. The average molecular weight is 437 g/mol. The summed E-state index contributed by atoms with van der Waals surface area (Å²) in [4.78, 5) is 13.6. The van der Waals surface area contributed by atoms with Crippen LogP contribution in [0.2, 0.25) is 0 Å². The zero-order chi connectivity index (χ0) is 23.1. The number of rotatable bonds is 7. The highest BCUT2D eigenvalue weighted by Gasteiger charge is 2.19. The summed E-state index contributed by atoms with van der Waals surface area (Å²) in [5, 5.41) is 16.1. The van der Waals surface area contributed by atoms with Crippen molar-refractivity contribution in [3.8, 4) is 0 Å². The number of hydrogen-bond donors (Lipinski definition) is 0. The zero-order valence-corrected chi connectivity index (χ0v) is 17.8. The standard InChI is InChI=1S/C23H21F2N5O2/c1-4-32-23(31)22-20(24)13-18(14-21(22)25)29-28-16-7-5-15(6-8-16)26-27-17-9-11-19(12-10-17)30(2)3/h5-14H,4H2,1-3H3/b27-26+,29-28+. The van der Waals surface area contributed by atoms with E-state index in [0.717, 1.165) is 23.5 Å². The first kappa shape index (κ1) is 22.7. The molecule has 0 heterocycles. The van der Waals surface area contributed by atoms with Gasteiger partial charge in [-0.2, -0.15) is 20.5 Å². The molecule has 0 N–H and O–H groups in total. The van der Waals surface area contributed by atoms with Gasteiger partial charge < -0.3 is 9.64 Å². The van der Waals surface area contributed by atoms with Crippen LogP contribution in [0.4, 0.5) is 37.2 Å². The molecular weight excluding hydrogens is 416 g/mol. The molecule has 0 atom stereocenters. The molecule has 0 bridgehead atoms. The fraction of sp³-hybridized carbons (Fsp3) is 0.174. The van der Waals surface area contributed by atoms with Gasteiger partial charge in [-0.15, -0.1) is 0 Å². The van der Waals surface area contributed by atoms with Crippen LogP contribution < -0.4 is 4.90 Å². The smallest absolute Gasteiger partial charge is 0.344 e. The van der Waals surface area contributed by atoms with Crippen LogP contribution in [0.1, 0.15) is 17.3 Å². The van der Waals surface area contributed by atoms with E-state index < -0.39 is 23.2 Å². The van der Waals surface area contributed by atoms with Crippen molar-refractivity contribution < 1.29 is 18.3 Å². The molecule has 3 aromatic rings. The molecule has 3 rings (SSSR count). The van der Waals surface area contributed by atoms with Gasteiger partial charge >= 0.3 is 5.97 Å². The minimum absolute atomic E-state index is 0.0114. The Hall–Kier alpha value is -4.01. The second kappa shape index (κ2) is 10.3. The van der Waals surface area contributed by atoms with Crippen molar-refractivity contribution in [2.45, 2.75) is 6.92 Å². The van der Waals surface area contributed by atoms with Gasteiger partial charge in [-0.1, -0.05) is 0 Å². The van der Waals surface area contributed by atoms with Crippen LogP contribution in [-0.4, -0.2) is 26.7 Å². The zero-order valence-electron chi connectivity index (χ0n) is 17.8. The topological polar surface area (TPSA) is 79.0 Å². The maximum atomic E-state index is 14.1. The molecule has 0 saturated heterocycles. The van der Waals surface area contributed by atoms with E-state index in [0.29, 0.717) is 11.4 Å². The Labute approximate surface area is 184 Å². The van der Waals surface area contributed by atoms with Crippen LogP contribution in [0.15, 0.2) is 81.1 Å². The van der Waals surface area contributed by atoms with Gasteiger partial charge in [-0.25, -0.2) is 13.6 Å². The van der Waals surface area contributed by atoms with Crippen LogP contribution in [0.5, 0.6) is 0 Å². The first-order valence-corrected chi connectivity index (χ1v) is 9.74. The molecule has 9 heteroatoms. The number of nitrogens with zero attached hydrogens (tertiary/aromatic N) is 5. The van der Waals surface area contributed by atoms with Gasteiger partial charge in [-0.3, -0.25) is 0 Å². The average Bonchev–Trinajstić information content (AvgIpc) is 2.77. The monoisotopic (exact) mass is 437 g/mol. The highest BCUT2D eigenvalue weighted by Crippen LogP contribution is 2.26. The van der Waals surface area contributed by atoms with Gasteiger partial charge in [0, 0.05) is 31.9 Å². The number of halogens is 2. The van der Waals surface area contributed by atoms with Crippen molar-refractivity contribution in [1.29, 1.82) is 0 Å². The first-order chi connectivity index (χ1) is 15.4. The lowest BCUT2D eigenvalue weighted by Crippen LogP contribution is -2.09. The van der Waals surface area contributed by atoms with Crippen molar-refractivity contribution in [2.75, 3.05) is 25.6 Å². The number of ether oxygens (including phenoxy) is 1. The minimum atomic E-state index is -1.07. The number of carbonyl (C=O) groups excluding carboxylic acids is 1. The van der Waals surface area contributed by atoms with Crippen LogP contribution in [-0.2, 0) is 4.74 Å². The molecule has 0 aromatic heterocycles. The van der Waals surface area contributed by atoms with Gasteiger partial charge in [0.25, 0.3) is 0 Å². The van der Waals surface area contributed by atoms with Crippen LogP contribution >= 0.6 is 0 Å². The summed E-state index contributed by atoms with van der Waals surface area (Å²) >= 11 is 0. The second-order valence-corrected chi connectivity index (χ2v) is 6.83. The Morgan fingerprint density at radius 3 is 1.59 bits per heavy atom. The Bertz CT molecular complexity index is 1120. The van der Waals surface area contributed by atoms with E-state index in [9.17, 15) is 13.6 Å². The van der Waals surface area contributed by atoms with Gasteiger partial charge in [-0.05, 0) is 55.5 Å². The quantitative estimate of drug-likeness (QED) is 0.294. The maximum absolute atomic E-state index is 14.1. The molecule has 0 unspecified atom stereocenters. The summed E-state index contributed by atoms with van der Waals surface area (Å²) in [5.74, 6) is -3.19. The lowest BCUT2D eigenvalue weighted by atomic mass is 10.2. The third-order valence-electron chi connectivity index (χ3n) is 4.28. The Kier molecular flexibility index (Phi) is 7.33. The molecule has 32 heavy (non-hydrogen) atoms. The molecule has 0 aliphatic rings. The summed E-state index contributed by atoms with van der Waals surface area (Å²) < 4.78 is 32.8. The molecule has 0 aliphatic carbocycles. The molecule has 7 nitrogen and oxygen atoms in total. The van der Waals surface area contributed by atoms with Crippen LogP contribution in [0.25, 0.3) is 0 Å². The van der Waals surface area contributed by atoms with Gasteiger partial charge in [0.2, 0.25) is 0 Å². The largest absolute Gasteiger partial charge is 0.462 e. The maximum Gasteiger partial charge on any atom is 0.344 e. The van der Waals surface area contributed by atoms with Crippen molar-refractivity contribution in [3.63, 3.8) is 0 Å². The van der Waals surface area contributed by atoms with E-state index in [-0.39, 0.29) is 12.3 Å². The van der Waals surface area contributed by atoms with E-state index in [1.54, 1.807) is 31.2 Å². The van der Waals surface area contributed by atoms with E-state index in [2.05, 4.69) is 25.2 Å². The molecule has 0 amide bonds. The van der Waals surface area contributed by atoms with E-state index in [1.165, 1.54) is 0 Å². The normalized spacial score (nSPS) is 11.3. The third kappa shape index (κ3) is 5.78. The summed E-state index contributed by atoms with van der Waals surface area (Å²) in [7, 11) is 3.92. The van der Waals surface area contributed by atoms with Gasteiger partial charge in [0.1, 0.15) is 17.2 Å². The molecule has 0 fully saturated rings. The van der Waals surface area contributed by atoms with E-state index in [1.807, 2.05) is 43.3 Å². The molecular formula is C23H21F2N5O2. The molecule has 0 saturated carbocycles. The second-order valence-electron chi connectivity index (χ2n) is 6.83. The summed E-state index contributed by atoms with van der Waals surface area (Å²) in [5.41, 5.74) is 2.02. The summed E-state index contributed by atoms with van der Waals surface area (Å²) in [6, 6.07) is 16.1. The van der Waals surface area contributed by atoms with Gasteiger partial charge in [0.15, 0.2) is 0 Å². The number of esters is 1. The third-order valence-corrected chi connectivity index (χ3v) is 4.28. The molecule has 0 spiro atoms. The van der Waals surface area contributed by atoms with Crippen molar-refractivity contribution in [3.05, 3.63) is 77.9 Å². The fourth-order valence-electron chi connectivity index (χ4n) is 2.65. The van der Waals surface area contributed by atoms with Crippen molar-refractivity contribution in [2.24, 2.45) is 20.5 Å². The van der Waals surface area contributed by atoms with E-state index >= 15 is 0 Å². The number of benzene rings is 3. The predicted octanol–water partition coefficient (Wildman–Crippen LogP) is 7.04. The summed E-state index contributed by atoms with van der Waals surface area (Å²) in [6.45, 7) is 1.56. The van der Waals surface area contributed by atoms with Gasteiger partial charge in [0.05, 0.1) is 29.4 Å². The first-order valence-electron chi connectivity index (χ1n) is 9.74. The number of hydrogen-bond acceptors (Lipinski definition) is 7. The Morgan fingerprint density at radius 2 is 1.19 bits per heavy atom. The number of carbonyl (C=O) groups is 1. The number of azo groups is 2. The molecule has 0 radical (unpaired) electrons. The van der Waals surface area contributed by atoms with Crippen LogP contribution in [0.3, 0.4) is 0 Å². The highest BCUT2D eigenvalue weighted by molar-refractivity contribution is 5.90. The lowest BCUT2D eigenvalue weighted by Gasteiger charge is -2.11. The van der Waals surface area contributed by atoms with E-state index in [4.69, 9.17) is 0 Å².